The second-order valence-corrected chi connectivity index (χ2v) is 6.71. The summed E-state index contributed by atoms with van der Waals surface area (Å²) in [4.78, 5) is 24.5. The first-order valence-corrected chi connectivity index (χ1v) is 8.68. The molecule has 1 atom stereocenters. The maximum Gasteiger partial charge on any atom is 0.416 e. The summed E-state index contributed by atoms with van der Waals surface area (Å²) in [7, 11) is 0. The van der Waals surface area contributed by atoms with E-state index in [1.807, 2.05) is 0 Å². The average molecular weight is 431 g/mol. The van der Waals surface area contributed by atoms with Crippen LogP contribution in [0.25, 0.3) is 0 Å². The number of halogens is 5. The first-order chi connectivity index (χ1) is 13.0. The quantitative estimate of drug-likeness (QED) is 0.654. The van der Waals surface area contributed by atoms with Crippen LogP contribution in [-0.2, 0) is 11.0 Å². The number of benzene rings is 2. The summed E-state index contributed by atoms with van der Waals surface area (Å²) in [6.07, 6.45) is -4.46. The lowest BCUT2D eigenvalue weighted by atomic mass is 10.1. The third-order valence-corrected chi connectivity index (χ3v) is 4.59. The molecule has 0 aliphatic carbocycles. The number of carbonyl (C=O) groups is 2. The Kier molecular flexibility index (Phi) is 6.74. The number of alkyl halides is 3. The maximum absolute atomic E-state index is 12.6. The van der Waals surface area contributed by atoms with Crippen LogP contribution in [0.2, 0.25) is 10.0 Å². The van der Waals surface area contributed by atoms with Gasteiger partial charge in [0.25, 0.3) is 5.91 Å². The molecule has 148 valence electrons. The highest BCUT2D eigenvalue weighted by Crippen LogP contribution is 2.30. The van der Waals surface area contributed by atoms with Gasteiger partial charge < -0.3 is 10.6 Å². The van der Waals surface area contributed by atoms with E-state index in [0.717, 1.165) is 24.3 Å². The zero-order valence-corrected chi connectivity index (χ0v) is 16.0. The van der Waals surface area contributed by atoms with Gasteiger partial charge in [0.05, 0.1) is 21.5 Å². The Morgan fingerprint density at radius 2 is 1.64 bits per heavy atom. The molecule has 28 heavy (non-hydrogen) atoms. The van der Waals surface area contributed by atoms with Crippen LogP contribution in [0.15, 0.2) is 54.7 Å². The number of nitrogens with one attached hydrogen (secondary N) is 2. The van der Waals surface area contributed by atoms with Crippen molar-refractivity contribution in [3.63, 3.8) is 0 Å². The number of anilines is 1. The second-order valence-electron chi connectivity index (χ2n) is 5.89. The predicted octanol–water partition coefficient (Wildman–Crippen LogP) is 5.53. The molecule has 2 aromatic rings. The summed E-state index contributed by atoms with van der Waals surface area (Å²) in [6, 6.07) is 8.31. The van der Waals surface area contributed by atoms with Gasteiger partial charge in [-0.2, -0.15) is 13.2 Å². The Morgan fingerprint density at radius 1 is 1.04 bits per heavy atom. The van der Waals surface area contributed by atoms with Gasteiger partial charge in [0.2, 0.25) is 5.91 Å². The molecule has 2 amide bonds. The number of hydrogen-bond donors (Lipinski definition) is 2. The summed E-state index contributed by atoms with van der Waals surface area (Å²) in [6.45, 7) is 5.17. The van der Waals surface area contributed by atoms with Crippen molar-refractivity contribution in [2.75, 3.05) is 5.32 Å². The van der Waals surface area contributed by atoms with E-state index in [-0.39, 0.29) is 22.0 Å². The molecule has 0 saturated heterocycles. The maximum atomic E-state index is 12.6. The zero-order valence-electron chi connectivity index (χ0n) is 14.5. The lowest BCUT2D eigenvalue weighted by Crippen LogP contribution is -2.31. The van der Waals surface area contributed by atoms with Gasteiger partial charge >= 0.3 is 6.18 Å². The van der Waals surface area contributed by atoms with E-state index in [1.54, 1.807) is 0 Å². The molecule has 0 unspecified atom stereocenters. The Balaban J connectivity index is 1.99. The van der Waals surface area contributed by atoms with Gasteiger partial charge in [-0.3, -0.25) is 9.59 Å². The van der Waals surface area contributed by atoms with Crippen molar-refractivity contribution < 1.29 is 22.8 Å². The SMILES string of the molecule is C=C(NC(=O)c1ccc(Cl)c(Cl)c1)[C@H](C)C(=O)Nc1ccc(C(F)(F)F)cc1. The molecule has 9 heteroatoms. The van der Waals surface area contributed by atoms with E-state index in [9.17, 15) is 22.8 Å². The van der Waals surface area contributed by atoms with Crippen LogP contribution in [0.1, 0.15) is 22.8 Å². The molecule has 4 nitrogen and oxygen atoms in total. The smallest absolute Gasteiger partial charge is 0.326 e. The summed E-state index contributed by atoms with van der Waals surface area (Å²) in [5, 5.41) is 5.46. The number of carbonyl (C=O) groups excluding carboxylic acids is 2. The summed E-state index contributed by atoms with van der Waals surface area (Å²) in [5.41, 5.74) is -0.295. The van der Waals surface area contributed by atoms with Gasteiger partial charge in [0.15, 0.2) is 0 Å². The van der Waals surface area contributed by atoms with Gasteiger partial charge in [0.1, 0.15) is 0 Å². The van der Waals surface area contributed by atoms with E-state index in [1.165, 1.54) is 25.1 Å². The molecule has 0 spiro atoms. The van der Waals surface area contributed by atoms with E-state index >= 15 is 0 Å². The second kappa shape index (κ2) is 8.67. The molecule has 2 rings (SSSR count). The minimum Gasteiger partial charge on any atom is -0.326 e. The number of amides is 2. The molecule has 0 aliphatic heterocycles. The molecule has 0 radical (unpaired) electrons. The first-order valence-electron chi connectivity index (χ1n) is 7.92. The molecule has 0 heterocycles. The highest BCUT2D eigenvalue weighted by Gasteiger charge is 2.30. The van der Waals surface area contributed by atoms with Crippen molar-refractivity contribution in [2.24, 2.45) is 5.92 Å². The van der Waals surface area contributed by atoms with Crippen LogP contribution in [0, 0.1) is 5.92 Å². The molecular formula is C19H15Cl2F3N2O2. The normalized spacial score (nSPS) is 12.2. The van der Waals surface area contributed by atoms with Crippen molar-refractivity contribution in [1.29, 1.82) is 0 Å². The van der Waals surface area contributed by atoms with Gasteiger partial charge in [-0.25, -0.2) is 0 Å². The van der Waals surface area contributed by atoms with E-state index in [4.69, 9.17) is 23.2 Å². The van der Waals surface area contributed by atoms with Crippen molar-refractivity contribution in [2.45, 2.75) is 13.1 Å². The number of hydrogen-bond acceptors (Lipinski definition) is 2. The van der Waals surface area contributed by atoms with Gasteiger partial charge in [-0.05, 0) is 49.4 Å². The van der Waals surface area contributed by atoms with Crippen molar-refractivity contribution in [1.82, 2.24) is 5.32 Å². The molecule has 0 saturated carbocycles. The Morgan fingerprint density at radius 3 is 2.18 bits per heavy atom. The Hall–Kier alpha value is -2.51. The Labute approximate surface area is 169 Å². The van der Waals surface area contributed by atoms with Gasteiger partial charge in [0, 0.05) is 16.9 Å². The zero-order chi connectivity index (χ0) is 21.1. The van der Waals surface area contributed by atoms with Crippen LogP contribution >= 0.6 is 23.2 Å². The molecule has 0 fully saturated rings. The summed E-state index contributed by atoms with van der Waals surface area (Å²) >= 11 is 11.7. The fourth-order valence-electron chi connectivity index (χ4n) is 2.11. The minimum atomic E-state index is -4.46. The van der Waals surface area contributed by atoms with Crippen molar-refractivity contribution >= 4 is 40.7 Å². The van der Waals surface area contributed by atoms with Crippen LogP contribution in [0.5, 0.6) is 0 Å². The van der Waals surface area contributed by atoms with Crippen molar-refractivity contribution in [3.05, 3.63) is 75.9 Å². The molecule has 0 aliphatic rings. The van der Waals surface area contributed by atoms with Crippen molar-refractivity contribution in [3.8, 4) is 0 Å². The molecule has 2 aromatic carbocycles. The highest BCUT2D eigenvalue weighted by molar-refractivity contribution is 6.42. The van der Waals surface area contributed by atoms with Crippen LogP contribution in [0.3, 0.4) is 0 Å². The summed E-state index contributed by atoms with van der Waals surface area (Å²) < 4.78 is 37.7. The first kappa shape index (κ1) is 21.8. The Bertz CT molecular complexity index is 912. The fourth-order valence-corrected chi connectivity index (χ4v) is 2.41. The van der Waals surface area contributed by atoms with E-state index in [0.29, 0.717) is 5.02 Å². The molecular weight excluding hydrogens is 416 g/mol. The molecule has 2 N–H and O–H groups in total. The third-order valence-electron chi connectivity index (χ3n) is 3.85. The van der Waals surface area contributed by atoms with Crippen LogP contribution < -0.4 is 10.6 Å². The predicted molar refractivity (Wildman–Crippen MR) is 102 cm³/mol. The highest BCUT2D eigenvalue weighted by atomic mass is 35.5. The van der Waals surface area contributed by atoms with E-state index in [2.05, 4.69) is 17.2 Å². The van der Waals surface area contributed by atoms with Gasteiger partial charge in [-0.1, -0.05) is 29.8 Å². The topological polar surface area (TPSA) is 58.2 Å². The number of rotatable bonds is 5. The monoisotopic (exact) mass is 430 g/mol. The largest absolute Gasteiger partial charge is 0.416 e. The lowest BCUT2D eigenvalue weighted by Gasteiger charge is -2.16. The van der Waals surface area contributed by atoms with Gasteiger partial charge in [-0.15, -0.1) is 0 Å². The lowest BCUT2D eigenvalue weighted by molar-refractivity contribution is -0.137. The van der Waals surface area contributed by atoms with Crippen LogP contribution in [0.4, 0.5) is 18.9 Å². The molecule has 0 aromatic heterocycles. The molecule has 0 bridgehead atoms. The standard InChI is InChI=1S/C19H15Cl2F3N2O2/c1-10(11(2)25-18(28)12-3-8-15(20)16(21)9-12)17(27)26-14-6-4-13(5-7-14)19(22,23)24/h3-10H,2H2,1H3,(H,25,28)(H,26,27)/t10-/m0/s1. The third kappa shape index (κ3) is 5.50. The van der Waals surface area contributed by atoms with E-state index < -0.39 is 29.5 Å². The average Bonchev–Trinajstić information content (AvgIpc) is 2.62. The van der Waals surface area contributed by atoms with Crippen LogP contribution in [-0.4, -0.2) is 11.8 Å². The summed E-state index contributed by atoms with van der Waals surface area (Å²) in [5.74, 6) is -1.91. The fraction of sp³-hybridized carbons (Fsp3) is 0.158. The minimum absolute atomic E-state index is 0.112.